The van der Waals surface area contributed by atoms with Crippen molar-refractivity contribution in [2.24, 2.45) is 0 Å². The van der Waals surface area contributed by atoms with Gasteiger partial charge in [-0.2, -0.15) is 0 Å². The van der Waals surface area contributed by atoms with Gasteiger partial charge in [0, 0.05) is 49.3 Å². The minimum absolute atomic E-state index is 0.0513. The van der Waals surface area contributed by atoms with Crippen LogP contribution in [0, 0.1) is 5.82 Å². The van der Waals surface area contributed by atoms with Gasteiger partial charge in [0.25, 0.3) is 5.91 Å². The lowest BCUT2D eigenvalue weighted by Crippen LogP contribution is -2.26. The lowest BCUT2D eigenvalue weighted by Gasteiger charge is -2.14. The van der Waals surface area contributed by atoms with Crippen molar-refractivity contribution >= 4 is 23.1 Å². The molecule has 1 aliphatic heterocycles. The molecule has 0 spiro atoms. The molecular formula is C28H29FN6O2. The first-order chi connectivity index (χ1) is 18.1. The average Bonchev–Trinajstić information content (AvgIpc) is 3.38. The Balaban J connectivity index is 1.39. The number of nitrogens with one attached hydrogen (secondary N) is 3. The smallest absolute Gasteiger partial charge is 0.254 e. The Bertz CT molecular complexity index is 1440. The number of amides is 1. The van der Waals surface area contributed by atoms with Gasteiger partial charge in [-0.15, -0.1) is 0 Å². The number of hydrogen-bond donors (Lipinski definition) is 3. The number of nitrogens with zero attached hydrogens (tertiary/aromatic N) is 3. The predicted octanol–water partition coefficient (Wildman–Crippen LogP) is 4.73. The fourth-order valence-corrected chi connectivity index (χ4v) is 4.63. The Morgan fingerprint density at radius 3 is 2.65 bits per heavy atom. The molecule has 2 fully saturated rings. The van der Waals surface area contributed by atoms with Crippen molar-refractivity contribution in [1.29, 1.82) is 0 Å². The molecule has 1 atom stereocenters. The Morgan fingerprint density at radius 2 is 1.95 bits per heavy atom. The number of rotatable bonds is 8. The normalized spacial score (nSPS) is 17.2. The molecule has 1 aliphatic carbocycles. The highest BCUT2D eigenvalue weighted by atomic mass is 19.1. The molecule has 9 heteroatoms. The van der Waals surface area contributed by atoms with Gasteiger partial charge >= 0.3 is 0 Å². The van der Waals surface area contributed by atoms with Crippen molar-refractivity contribution < 1.29 is 13.9 Å². The average molecular weight is 501 g/mol. The molecule has 3 heterocycles. The van der Waals surface area contributed by atoms with Crippen LogP contribution in [0.25, 0.3) is 28.2 Å². The fourth-order valence-electron chi connectivity index (χ4n) is 4.63. The topological polar surface area (TPSA) is 92.6 Å². The second kappa shape index (κ2) is 9.82. The first-order valence-electron chi connectivity index (χ1n) is 12.7. The Labute approximate surface area is 214 Å². The molecule has 1 saturated heterocycles. The van der Waals surface area contributed by atoms with Crippen LogP contribution >= 0.6 is 0 Å². The molecule has 4 aromatic rings. The van der Waals surface area contributed by atoms with Crippen LogP contribution in [0.15, 0.2) is 54.9 Å². The van der Waals surface area contributed by atoms with Gasteiger partial charge in [-0.3, -0.25) is 9.20 Å². The third kappa shape index (κ3) is 4.86. The van der Waals surface area contributed by atoms with Crippen LogP contribution in [0.5, 0.6) is 0 Å². The van der Waals surface area contributed by atoms with Gasteiger partial charge in [0.1, 0.15) is 5.82 Å². The molecule has 37 heavy (non-hydrogen) atoms. The third-order valence-electron chi connectivity index (χ3n) is 6.90. The largest absolute Gasteiger partial charge is 0.388 e. The number of carbonyl (C=O) groups is 1. The van der Waals surface area contributed by atoms with E-state index in [1.165, 1.54) is 12.1 Å². The summed E-state index contributed by atoms with van der Waals surface area (Å²) in [5.74, 6) is -0.293. The van der Waals surface area contributed by atoms with E-state index in [2.05, 4.69) is 20.9 Å². The van der Waals surface area contributed by atoms with E-state index in [4.69, 9.17) is 9.72 Å². The SMILES string of the molecule is CNc1ccc(-c2cn3c(-c4ccc(C(=O)NC5CC5)c(F)c4)cnc3c(NCC3CCCO3)n2)cc1. The number of anilines is 2. The quantitative estimate of drug-likeness (QED) is 0.324. The molecule has 2 aliphatic rings. The Hall–Kier alpha value is -3.98. The van der Waals surface area contributed by atoms with Crippen molar-refractivity contribution in [3.63, 3.8) is 0 Å². The van der Waals surface area contributed by atoms with Crippen LogP contribution in [0.4, 0.5) is 15.9 Å². The molecule has 2 aromatic heterocycles. The lowest BCUT2D eigenvalue weighted by atomic mass is 10.1. The maximum absolute atomic E-state index is 15.0. The molecule has 1 amide bonds. The van der Waals surface area contributed by atoms with Gasteiger partial charge in [0.2, 0.25) is 0 Å². The van der Waals surface area contributed by atoms with Crippen molar-refractivity contribution in [1.82, 2.24) is 19.7 Å². The standard InChI is InChI=1S/C28H29FN6O2/c1-30-19-7-4-17(5-8-19)24-16-35-25(15-32-27(35)26(34-24)31-14-21-3-2-12-37-21)18-6-11-22(23(29)13-18)28(36)33-20-9-10-20/h4-8,11,13,15-16,20-21,30H,2-3,9-10,12,14H2,1H3,(H,31,34)(H,33,36). The summed E-state index contributed by atoms with van der Waals surface area (Å²) in [6.07, 6.45) is 7.72. The zero-order chi connectivity index (χ0) is 25.4. The number of ether oxygens (including phenoxy) is 1. The summed E-state index contributed by atoms with van der Waals surface area (Å²) in [6.45, 7) is 1.41. The highest BCUT2D eigenvalue weighted by Crippen LogP contribution is 2.30. The van der Waals surface area contributed by atoms with E-state index >= 15 is 4.39 Å². The van der Waals surface area contributed by atoms with Crippen LogP contribution in [-0.2, 0) is 4.74 Å². The number of carbonyl (C=O) groups excluding carboxylic acids is 1. The van der Waals surface area contributed by atoms with Crippen LogP contribution in [0.2, 0.25) is 0 Å². The molecule has 3 N–H and O–H groups in total. The summed E-state index contributed by atoms with van der Waals surface area (Å²) >= 11 is 0. The summed E-state index contributed by atoms with van der Waals surface area (Å²) in [6, 6.07) is 12.9. The molecule has 190 valence electrons. The zero-order valence-corrected chi connectivity index (χ0v) is 20.6. The van der Waals surface area contributed by atoms with Crippen LogP contribution in [-0.4, -0.2) is 52.6 Å². The van der Waals surface area contributed by atoms with Gasteiger partial charge in [0.15, 0.2) is 11.5 Å². The van der Waals surface area contributed by atoms with Gasteiger partial charge in [-0.05, 0) is 49.9 Å². The maximum atomic E-state index is 15.0. The van der Waals surface area contributed by atoms with Crippen LogP contribution < -0.4 is 16.0 Å². The third-order valence-corrected chi connectivity index (χ3v) is 6.90. The first-order valence-corrected chi connectivity index (χ1v) is 12.7. The molecule has 0 radical (unpaired) electrons. The van der Waals surface area contributed by atoms with Crippen molar-refractivity contribution in [3.8, 4) is 22.5 Å². The summed E-state index contributed by atoms with van der Waals surface area (Å²) in [4.78, 5) is 21.9. The number of halogens is 1. The molecule has 0 bridgehead atoms. The molecule has 1 unspecified atom stereocenters. The van der Waals surface area contributed by atoms with E-state index in [0.717, 1.165) is 49.2 Å². The first kappa shape index (κ1) is 23.4. The number of aromatic nitrogens is 3. The van der Waals surface area contributed by atoms with E-state index in [1.807, 2.05) is 41.9 Å². The van der Waals surface area contributed by atoms with Crippen molar-refractivity contribution in [2.45, 2.75) is 37.8 Å². The molecule has 8 nitrogen and oxygen atoms in total. The van der Waals surface area contributed by atoms with E-state index in [0.29, 0.717) is 29.3 Å². The van der Waals surface area contributed by atoms with Gasteiger partial charge in [-0.25, -0.2) is 14.4 Å². The van der Waals surface area contributed by atoms with Crippen LogP contribution in [0.1, 0.15) is 36.0 Å². The van der Waals surface area contributed by atoms with Crippen molar-refractivity contribution in [3.05, 3.63) is 66.2 Å². The van der Waals surface area contributed by atoms with Crippen LogP contribution in [0.3, 0.4) is 0 Å². The summed E-state index contributed by atoms with van der Waals surface area (Å²) in [5, 5.41) is 9.40. The number of fused-ring (bicyclic) bond motifs is 1. The lowest BCUT2D eigenvalue weighted by molar-refractivity contribution is 0.0947. The molecule has 6 rings (SSSR count). The molecule has 1 saturated carbocycles. The monoisotopic (exact) mass is 500 g/mol. The van der Waals surface area contributed by atoms with Gasteiger partial charge in [0.05, 0.1) is 29.3 Å². The zero-order valence-electron chi connectivity index (χ0n) is 20.6. The van der Waals surface area contributed by atoms with Crippen molar-refractivity contribution in [2.75, 3.05) is 30.8 Å². The van der Waals surface area contributed by atoms with Gasteiger partial charge < -0.3 is 20.7 Å². The fraction of sp³-hybridized carbons (Fsp3) is 0.321. The summed E-state index contributed by atoms with van der Waals surface area (Å²) in [7, 11) is 1.88. The predicted molar refractivity (Wildman–Crippen MR) is 141 cm³/mol. The Morgan fingerprint density at radius 1 is 1.14 bits per heavy atom. The maximum Gasteiger partial charge on any atom is 0.254 e. The number of imidazole rings is 1. The second-order valence-electron chi connectivity index (χ2n) is 9.60. The number of benzene rings is 2. The van der Waals surface area contributed by atoms with E-state index in [-0.39, 0.29) is 23.6 Å². The summed E-state index contributed by atoms with van der Waals surface area (Å²) in [5.41, 5.74) is 4.73. The molecule has 2 aromatic carbocycles. The van der Waals surface area contributed by atoms with E-state index in [9.17, 15) is 4.79 Å². The molecular weight excluding hydrogens is 471 g/mol. The highest BCUT2D eigenvalue weighted by Gasteiger charge is 2.25. The minimum Gasteiger partial charge on any atom is -0.388 e. The van der Waals surface area contributed by atoms with Gasteiger partial charge in [-0.1, -0.05) is 18.2 Å². The van der Waals surface area contributed by atoms with E-state index < -0.39 is 5.82 Å². The Kier molecular flexibility index (Phi) is 6.21. The number of hydrogen-bond acceptors (Lipinski definition) is 6. The highest BCUT2D eigenvalue weighted by molar-refractivity contribution is 5.95. The second-order valence-corrected chi connectivity index (χ2v) is 9.60. The minimum atomic E-state index is -0.556. The summed E-state index contributed by atoms with van der Waals surface area (Å²) < 4.78 is 22.7. The van der Waals surface area contributed by atoms with E-state index in [1.54, 1.807) is 12.3 Å².